The van der Waals surface area contributed by atoms with Crippen molar-refractivity contribution in [2.24, 2.45) is 17.8 Å². The number of rotatable bonds is 3. The Morgan fingerprint density at radius 3 is 2.31 bits per heavy atom. The van der Waals surface area contributed by atoms with Crippen molar-refractivity contribution in [2.75, 3.05) is 6.54 Å². The molecule has 0 bridgehead atoms. The van der Waals surface area contributed by atoms with Crippen LogP contribution in [0, 0.1) is 17.8 Å². The summed E-state index contributed by atoms with van der Waals surface area (Å²) in [5, 5.41) is 33.8. The van der Waals surface area contributed by atoms with E-state index in [0.717, 1.165) is 44.1 Å². The SMILES string of the molecule is CCCC1OC(=O)C(C)CC(C)CCCCC(=O)CCCC(CC)/C=C/C=C(\C)CCC(O)C(O)CC(O)CNC1=O. The van der Waals surface area contributed by atoms with Crippen LogP contribution >= 0.6 is 0 Å². The Hall–Kier alpha value is -2.03. The first-order valence-electron chi connectivity index (χ1n) is 16.3. The second-order valence-electron chi connectivity index (χ2n) is 12.5. The third-order valence-corrected chi connectivity index (χ3v) is 8.29. The Balaban J connectivity index is 2.88. The van der Waals surface area contributed by atoms with Gasteiger partial charge in [0.2, 0.25) is 0 Å². The van der Waals surface area contributed by atoms with Gasteiger partial charge in [0, 0.05) is 25.8 Å². The van der Waals surface area contributed by atoms with Gasteiger partial charge in [-0.05, 0) is 70.1 Å². The number of ether oxygens (including phenoxy) is 1. The number of aliphatic hydroxyl groups excluding tert-OH is 3. The van der Waals surface area contributed by atoms with Gasteiger partial charge in [0.15, 0.2) is 6.10 Å². The molecule has 8 nitrogen and oxygen atoms in total. The largest absolute Gasteiger partial charge is 0.452 e. The Kier molecular flexibility index (Phi) is 19.6. The molecular weight excluding hydrogens is 534 g/mol. The van der Waals surface area contributed by atoms with Crippen LogP contribution in [0.3, 0.4) is 0 Å². The summed E-state index contributed by atoms with van der Waals surface area (Å²) in [6.07, 6.45) is 11.4. The van der Waals surface area contributed by atoms with E-state index in [1.807, 2.05) is 32.9 Å². The van der Waals surface area contributed by atoms with Gasteiger partial charge in [0.1, 0.15) is 5.78 Å². The monoisotopic (exact) mass is 593 g/mol. The van der Waals surface area contributed by atoms with Gasteiger partial charge < -0.3 is 25.4 Å². The predicted octanol–water partition coefficient (Wildman–Crippen LogP) is 5.57. The number of nitrogens with one attached hydrogen (secondary N) is 1. The predicted molar refractivity (Wildman–Crippen MR) is 167 cm³/mol. The zero-order valence-electron chi connectivity index (χ0n) is 26.9. The Bertz CT molecular complexity index is 855. The Morgan fingerprint density at radius 2 is 1.62 bits per heavy atom. The van der Waals surface area contributed by atoms with E-state index >= 15 is 0 Å². The summed E-state index contributed by atoms with van der Waals surface area (Å²) in [5.41, 5.74) is 1.07. The second-order valence-corrected chi connectivity index (χ2v) is 12.5. The minimum Gasteiger partial charge on any atom is -0.452 e. The molecule has 0 aromatic heterocycles. The van der Waals surface area contributed by atoms with Crippen LogP contribution in [0.25, 0.3) is 0 Å². The van der Waals surface area contributed by atoms with Gasteiger partial charge in [0.25, 0.3) is 5.91 Å². The number of esters is 1. The van der Waals surface area contributed by atoms with E-state index in [-0.39, 0.29) is 18.9 Å². The van der Waals surface area contributed by atoms with Gasteiger partial charge in [0.05, 0.1) is 24.2 Å². The lowest BCUT2D eigenvalue weighted by Gasteiger charge is -2.23. The summed E-state index contributed by atoms with van der Waals surface area (Å²) >= 11 is 0. The standard InChI is InChI=1S/C34H59NO7/c1-6-12-32-33(40)35-23-29(37)22-31(39)30(38)20-19-24(3)14-10-15-27(7-2)16-11-18-28(36)17-9-8-13-25(4)21-26(5)34(41)42-32/h10,14-15,25-27,29-32,37-39H,6-9,11-13,16-23H2,1-5H3,(H,35,40)/b15-10+,24-14+. The lowest BCUT2D eigenvalue weighted by atomic mass is 9.92. The number of carbonyl (C=O) groups excluding carboxylic acids is 3. The van der Waals surface area contributed by atoms with E-state index < -0.39 is 36.3 Å². The van der Waals surface area contributed by atoms with Crippen molar-refractivity contribution in [2.45, 2.75) is 149 Å². The van der Waals surface area contributed by atoms with E-state index in [1.165, 1.54) is 0 Å². The molecule has 1 amide bonds. The van der Waals surface area contributed by atoms with Gasteiger partial charge in [-0.15, -0.1) is 0 Å². The van der Waals surface area contributed by atoms with Crippen molar-refractivity contribution in [3.8, 4) is 0 Å². The molecule has 42 heavy (non-hydrogen) atoms. The zero-order chi connectivity index (χ0) is 31.5. The molecule has 4 N–H and O–H groups in total. The number of cyclic esters (lactones) is 1. The van der Waals surface area contributed by atoms with Gasteiger partial charge in [-0.1, -0.05) is 70.8 Å². The summed E-state index contributed by atoms with van der Waals surface area (Å²) in [6.45, 7) is 9.83. The van der Waals surface area contributed by atoms with Gasteiger partial charge in [-0.25, -0.2) is 0 Å². The number of Topliss-reactive ketones (excluding diaryl/α,β-unsaturated/α-hetero) is 1. The second kappa shape index (κ2) is 21.6. The van der Waals surface area contributed by atoms with Crippen LogP contribution in [0.4, 0.5) is 0 Å². The molecular formula is C34H59NO7. The Morgan fingerprint density at radius 1 is 0.905 bits per heavy atom. The van der Waals surface area contributed by atoms with E-state index in [9.17, 15) is 29.7 Å². The zero-order valence-corrected chi connectivity index (χ0v) is 26.9. The molecule has 242 valence electrons. The summed E-state index contributed by atoms with van der Waals surface area (Å²) in [6, 6.07) is 0. The molecule has 0 saturated heterocycles. The van der Waals surface area contributed by atoms with Gasteiger partial charge in [-0.2, -0.15) is 0 Å². The molecule has 0 spiro atoms. The average Bonchev–Trinajstić information content (AvgIpc) is 2.95. The summed E-state index contributed by atoms with van der Waals surface area (Å²) in [4.78, 5) is 38.0. The number of hydrogen-bond acceptors (Lipinski definition) is 7. The van der Waals surface area contributed by atoms with Gasteiger partial charge >= 0.3 is 5.97 Å². The lowest BCUT2D eigenvalue weighted by Crippen LogP contribution is -2.43. The maximum atomic E-state index is 12.8. The molecule has 0 fully saturated rings. The van der Waals surface area contributed by atoms with Crippen LogP contribution in [0.15, 0.2) is 23.8 Å². The molecule has 1 heterocycles. The molecule has 7 unspecified atom stereocenters. The van der Waals surface area contributed by atoms with Crippen LogP contribution in [0.1, 0.15) is 125 Å². The fourth-order valence-corrected chi connectivity index (χ4v) is 5.40. The molecule has 0 aromatic rings. The third-order valence-electron chi connectivity index (χ3n) is 8.29. The molecule has 1 aliphatic rings. The van der Waals surface area contributed by atoms with E-state index in [0.29, 0.717) is 62.6 Å². The molecule has 7 atom stereocenters. The highest BCUT2D eigenvalue weighted by Crippen LogP contribution is 2.22. The quantitative estimate of drug-likeness (QED) is 0.314. The summed E-state index contributed by atoms with van der Waals surface area (Å²) in [7, 11) is 0. The normalized spacial score (nSPS) is 33.8. The number of aliphatic hydroxyl groups is 3. The molecule has 0 saturated carbocycles. The third kappa shape index (κ3) is 16.6. The van der Waals surface area contributed by atoms with Crippen LogP contribution in [-0.2, 0) is 19.1 Å². The number of allylic oxidation sites excluding steroid dienone is 4. The smallest absolute Gasteiger partial charge is 0.309 e. The minimum absolute atomic E-state index is 0.0854. The van der Waals surface area contributed by atoms with Crippen LogP contribution in [0.2, 0.25) is 0 Å². The van der Waals surface area contributed by atoms with Crippen molar-refractivity contribution >= 4 is 17.7 Å². The first-order valence-corrected chi connectivity index (χ1v) is 16.3. The van der Waals surface area contributed by atoms with Crippen LogP contribution in [0.5, 0.6) is 0 Å². The molecule has 1 rings (SSSR count). The lowest BCUT2D eigenvalue weighted by molar-refractivity contribution is -0.160. The highest BCUT2D eigenvalue weighted by Gasteiger charge is 2.27. The maximum absolute atomic E-state index is 12.8. The number of ketones is 1. The van der Waals surface area contributed by atoms with Crippen molar-refractivity contribution in [1.29, 1.82) is 0 Å². The minimum atomic E-state index is -1.13. The van der Waals surface area contributed by atoms with Crippen molar-refractivity contribution in [3.05, 3.63) is 23.8 Å². The number of β-amino-alcohol motifs (C(OH)–C–C–N with tert-alkyl or cyclic N) is 1. The van der Waals surface area contributed by atoms with Crippen LogP contribution in [-0.4, -0.2) is 63.9 Å². The molecule has 1 aliphatic heterocycles. The Labute approximate surface area is 254 Å². The molecule has 0 radical (unpaired) electrons. The first kappa shape index (κ1) is 38.0. The van der Waals surface area contributed by atoms with E-state index in [4.69, 9.17) is 4.74 Å². The van der Waals surface area contributed by atoms with E-state index in [2.05, 4.69) is 25.2 Å². The maximum Gasteiger partial charge on any atom is 0.309 e. The topological polar surface area (TPSA) is 133 Å². The summed E-state index contributed by atoms with van der Waals surface area (Å²) < 4.78 is 5.58. The van der Waals surface area contributed by atoms with Gasteiger partial charge in [-0.3, -0.25) is 14.4 Å². The first-order chi connectivity index (χ1) is 20.0. The fraction of sp³-hybridized carbons (Fsp3) is 0.794. The average molecular weight is 594 g/mol. The molecule has 8 heteroatoms. The van der Waals surface area contributed by atoms with Crippen molar-refractivity contribution < 1.29 is 34.4 Å². The molecule has 0 aliphatic carbocycles. The summed E-state index contributed by atoms with van der Waals surface area (Å²) in [5.74, 6) is -0.230. The van der Waals surface area contributed by atoms with Crippen LogP contribution < -0.4 is 5.32 Å². The highest BCUT2D eigenvalue weighted by atomic mass is 16.5. The fourth-order valence-electron chi connectivity index (χ4n) is 5.40. The van der Waals surface area contributed by atoms with Crippen molar-refractivity contribution in [3.63, 3.8) is 0 Å². The highest BCUT2D eigenvalue weighted by molar-refractivity contribution is 5.84. The van der Waals surface area contributed by atoms with Crippen molar-refractivity contribution in [1.82, 2.24) is 5.32 Å². The van der Waals surface area contributed by atoms with E-state index in [1.54, 1.807) is 0 Å². The molecule has 0 aromatic carbocycles. The number of carbonyl (C=O) groups is 3. The number of amides is 1. The number of hydrogen-bond donors (Lipinski definition) is 4.